The van der Waals surface area contributed by atoms with Gasteiger partial charge >= 0.3 is 0 Å². The highest BCUT2D eigenvalue weighted by molar-refractivity contribution is 7.80. The standard InChI is InChI=1S/C21H39N7O12.C8H10N2S/c1-5-21(36,4-30)16(40-17-9(26-2)13(34)10(31)6(3-29)38-17)18(37-5)39-15-8(28-20(24)25)11(32)7(27-19(22)23)12(33)14(15)35;1-2-7-5-6(8(9)11)3-4-10-7/h4-18,26,29,31-36H,3H2,1-2H3,(H4,22,23,27)(H4,24,25,28);3-5H,2H2,1H3,(H2,9,11)/t5-,6-,7+,8-,9-,10-,11+,12-,13-,14+,15+,16-,17-,18-,21+;/m0./s1. The van der Waals surface area contributed by atoms with Crippen molar-refractivity contribution >= 4 is 35.4 Å². The molecule has 0 bridgehead atoms. The molecule has 0 spiro atoms. The molecule has 2 aliphatic heterocycles. The molecule has 21 nitrogen and oxygen atoms in total. The maximum Gasteiger partial charge on any atom is 0.188 e. The molecular weight excluding hydrogens is 698 g/mol. The summed E-state index contributed by atoms with van der Waals surface area (Å²) in [6, 6.07) is -0.341. The van der Waals surface area contributed by atoms with Crippen LogP contribution < -0.4 is 34.0 Å². The molecule has 0 aromatic carbocycles. The molecule has 0 amide bonds. The van der Waals surface area contributed by atoms with Crippen LogP contribution in [0.1, 0.15) is 25.1 Å². The summed E-state index contributed by atoms with van der Waals surface area (Å²) >= 11 is 4.82. The lowest BCUT2D eigenvalue weighted by Gasteiger charge is -2.45. The Bertz CT molecular complexity index is 1390. The fourth-order valence-corrected chi connectivity index (χ4v) is 6.03. The van der Waals surface area contributed by atoms with Gasteiger partial charge in [-0.1, -0.05) is 19.1 Å². The van der Waals surface area contributed by atoms with E-state index in [4.69, 9.17) is 59.8 Å². The van der Waals surface area contributed by atoms with Crippen LogP contribution in [-0.2, 0) is 30.2 Å². The Kier molecular flexibility index (Phi) is 14.9. The van der Waals surface area contributed by atoms with Crippen molar-refractivity contribution in [2.24, 2.45) is 38.7 Å². The molecule has 15 atom stereocenters. The van der Waals surface area contributed by atoms with E-state index in [1.54, 1.807) is 6.20 Å². The van der Waals surface area contributed by atoms with Crippen LogP contribution in [0.2, 0.25) is 0 Å². The van der Waals surface area contributed by atoms with E-state index >= 15 is 0 Å². The Hall–Kier alpha value is -3.23. The predicted octanol–water partition coefficient (Wildman–Crippen LogP) is -6.88. The molecular formula is C29H49N9O12S. The van der Waals surface area contributed by atoms with Gasteiger partial charge in [0.2, 0.25) is 0 Å². The monoisotopic (exact) mass is 747 g/mol. The molecule has 22 heteroatoms. The van der Waals surface area contributed by atoms with Gasteiger partial charge in [-0.2, -0.15) is 0 Å². The zero-order chi connectivity index (χ0) is 38.4. The first-order valence-electron chi connectivity index (χ1n) is 15.9. The van der Waals surface area contributed by atoms with Crippen LogP contribution in [0.15, 0.2) is 28.3 Å². The highest BCUT2D eigenvalue weighted by Gasteiger charge is 2.60. The quantitative estimate of drug-likeness (QED) is 0.0433. The fourth-order valence-electron chi connectivity index (χ4n) is 5.90. The first-order chi connectivity index (χ1) is 23.9. The zero-order valence-electron chi connectivity index (χ0n) is 28.1. The lowest BCUT2D eigenvalue weighted by molar-refractivity contribution is -0.314. The van der Waals surface area contributed by atoms with Crippen LogP contribution in [0.25, 0.3) is 0 Å². The average Bonchev–Trinajstić information content (AvgIpc) is 3.33. The molecule has 1 aliphatic carbocycles. The minimum atomic E-state index is -2.38. The van der Waals surface area contributed by atoms with Gasteiger partial charge in [-0.25, -0.2) is 9.98 Å². The van der Waals surface area contributed by atoms with Crippen molar-refractivity contribution < 1.29 is 59.5 Å². The second kappa shape index (κ2) is 18.0. The molecule has 1 aromatic heterocycles. The highest BCUT2D eigenvalue weighted by Crippen LogP contribution is 2.38. The number of nitrogens with one attached hydrogen (secondary N) is 1. The van der Waals surface area contributed by atoms with Gasteiger partial charge in [-0.05, 0) is 32.5 Å². The molecule has 288 valence electrons. The second-order valence-electron chi connectivity index (χ2n) is 12.1. The highest BCUT2D eigenvalue weighted by atomic mass is 32.1. The minimum absolute atomic E-state index is 0.140. The molecule has 51 heavy (non-hydrogen) atoms. The second-order valence-corrected chi connectivity index (χ2v) is 12.6. The third-order valence-corrected chi connectivity index (χ3v) is 9.04. The number of aldehydes is 1. The van der Waals surface area contributed by atoms with Gasteiger partial charge in [0, 0.05) is 17.5 Å². The summed E-state index contributed by atoms with van der Waals surface area (Å²) in [6.07, 6.45) is -14.7. The topological polar surface area (TPSA) is 375 Å². The maximum atomic E-state index is 12.1. The summed E-state index contributed by atoms with van der Waals surface area (Å²) in [4.78, 5) is 24.2. The predicted molar refractivity (Wildman–Crippen MR) is 182 cm³/mol. The molecule has 18 N–H and O–H groups in total. The van der Waals surface area contributed by atoms with Crippen molar-refractivity contribution in [3.63, 3.8) is 0 Å². The van der Waals surface area contributed by atoms with E-state index in [1.165, 1.54) is 14.0 Å². The number of nitrogens with two attached hydrogens (primary N) is 5. The Morgan fingerprint density at radius 1 is 0.980 bits per heavy atom. The van der Waals surface area contributed by atoms with E-state index in [0.29, 0.717) is 4.99 Å². The van der Waals surface area contributed by atoms with Crippen LogP contribution in [0, 0.1) is 0 Å². The molecule has 3 heterocycles. The number of aryl methyl sites for hydroxylation is 1. The first kappa shape index (κ1) is 42.2. The number of likely N-dealkylation sites (N-methyl/N-ethyl adjacent to an activating group) is 1. The SMILES string of the molecule is CCc1cc(C(N)=S)ccn1.CN[C@@H]1[C@H](O[C@H]2[C@H](O[C@H]3[C@H](O)[C@@H](O)[C@H](N=C(N)N)[C@@H](O)[C@@H]3N=C(N)N)O[C@@H](C)[C@]2(O)C=O)O[C@@H](CO)[C@H](O)[C@H]1O. The number of pyridine rings is 1. The molecule has 3 fully saturated rings. The van der Waals surface area contributed by atoms with Crippen LogP contribution in [-0.4, -0.2) is 169 Å². The van der Waals surface area contributed by atoms with Gasteiger partial charge < -0.3 is 88.7 Å². The van der Waals surface area contributed by atoms with E-state index in [0.717, 1.165) is 17.7 Å². The molecule has 4 rings (SSSR count). The van der Waals surface area contributed by atoms with Crippen molar-refractivity contribution in [1.29, 1.82) is 0 Å². The summed E-state index contributed by atoms with van der Waals surface area (Å²) in [5.74, 6) is -1.03. The van der Waals surface area contributed by atoms with Crippen molar-refractivity contribution in [3.05, 3.63) is 29.6 Å². The van der Waals surface area contributed by atoms with Crippen LogP contribution in [0.3, 0.4) is 0 Å². The summed E-state index contributed by atoms with van der Waals surface area (Å²) in [6.45, 7) is 2.67. The number of ether oxygens (including phenoxy) is 4. The largest absolute Gasteiger partial charge is 0.394 e. The van der Waals surface area contributed by atoms with Gasteiger partial charge in [0.15, 0.2) is 36.4 Å². The van der Waals surface area contributed by atoms with E-state index in [1.807, 2.05) is 19.1 Å². The normalized spacial score (nSPS) is 39.3. The van der Waals surface area contributed by atoms with Crippen LogP contribution >= 0.6 is 12.2 Å². The molecule has 0 radical (unpaired) electrons. The van der Waals surface area contributed by atoms with E-state index < -0.39 is 110 Å². The summed E-state index contributed by atoms with van der Waals surface area (Å²) < 4.78 is 22.9. The summed E-state index contributed by atoms with van der Waals surface area (Å²) in [5, 5.41) is 76.6. The smallest absolute Gasteiger partial charge is 0.188 e. The molecule has 3 aliphatic rings. The number of thiocarbonyl (C=S) groups is 1. The molecule has 2 saturated heterocycles. The number of carbonyl (C=O) groups is 1. The Morgan fingerprint density at radius 2 is 1.61 bits per heavy atom. The average molecular weight is 748 g/mol. The van der Waals surface area contributed by atoms with E-state index in [9.17, 15) is 40.5 Å². The van der Waals surface area contributed by atoms with E-state index in [-0.39, 0.29) is 6.29 Å². The minimum Gasteiger partial charge on any atom is -0.394 e. The lowest BCUT2D eigenvalue weighted by atomic mass is 9.81. The number of aliphatic hydroxyl groups is 7. The number of aliphatic hydroxyl groups excluding tert-OH is 6. The van der Waals surface area contributed by atoms with E-state index in [2.05, 4.69) is 20.3 Å². The van der Waals surface area contributed by atoms with Crippen molar-refractivity contribution in [1.82, 2.24) is 10.3 Å². The molecule has 0 unspecified atom stereocenters. The third-order valence-electron chi connectivity index (χ3n) is 8.80. The van der Waals surface area contributed by atoms with Gasteiger partial charge in [0.25, 0.3) is 0 Å². The van der Waals surface area contributed by atoms with Gasteiger partial charge in [-0.3, -0.25) is 9.78 Å². The van der Waals surface area contributed by atoms with Crippen molar-refractivity contribution in [3.8, 4) is 0 Å². The number of hydrogen-bond acceptors (Lipinski definition) is 17. The lowest BCUT2D eigenvalue weighted by Crippen LogP contribution is -2.66. The molecule has 1 aromatic rings. The Balaban J connectivity index is 0.000000542. The van der Waals surface area contributed by atoms with Gasteiger partial charge in [0.05, 0.1) is 18.8 Å². The summed E-state index contributed by atoms with van der Waals surface area (Å²) in [5.41, 5.74) is 26.7. The van der Waals surface area contributed by atoms with Gasteiger partial charge in [0.1, 0.15) is 65.9 Å². The number of rotatable bonds is 11. The summed E-state index contributed by atoms with van der Waals surface area (Å²) in [7, 11) is 1.42. The van der Waals surface area contributed by atoms with Crippen LogP contribution in [0.4, 0.5) is 0 Å². The van der Waals surface area contributed by atoms with Crippen molar-refractivity contribution in [2.75, 3.05) is 13.7 Å². The maximum absolute atomic E-state index is 12.1. The number of hydrogen-bond donors (Lipinski definition) is 13. The number of guanidine groups is 2. The number of carbonyl (C=O) groups excluding carboxylic acids is 1. The van der Waals surface area contributed by atoms with Gasteiger partial charge in [-0.15, -0.1) is 0 Å². The Morgan fingerprint density at radius 3 is 2.14 bits per heavy atom. The number of aliphatic imine (C=N–C) groups is 2. The van der Waals surface area contributed by atoms with Crippen LogP contribution in [0.5, 0.6) is 0 Å². The number of aromatic nitrogens is 1. The number of nitrogens with zero attached hydrogens (tertiary/aromatic N) is 3. The Labute approximate surface area is 298 Å². The zero-order valence-corrected chi connectivity index (χ0v) is 28.9. The third kappa shape index (κ3) is 9.42. The molecule has 1 saturated carbocycles. The fraction of sp³-hybridized carbons (Fsp3) is 0.690. The van der Waals surface area contributed by atoms with Crippen molar-refractivity contribution in [2.45, 2.75) is 112 Å². The first-order valence-corrected chi connectivity index (χ1v) is 16.3.